The molecule has 13 heteroatoms. The number of aliphatic carboxylic acids is 1. The number of carbonyl (C=O) groups is 2. The van der Waals surface area contributed by atoms with Crippen molar-refractivity contribution in [3.63, 3.8) is 0 Å². The summed E-state index contributed by atoms with van der Waals surface area (Å²) in [7, 11) is -2.38. The van der Waals surface area contributed by atoms with E-state index in [0.717, 1.165) is 25.9 Å². The minimum absolute atomic E-state index is 0.0289. The second-order valence-electron chi connectivity index (χ2n) is 7.81. The average molecular weight is 519 g/mol. The van der Waals surface area contributed by atoms with Gasteiger partial charge >= 0.3 is 18.1 Å². The predicted octanol–water partition coefficient (Wildman–Crippen LogP) is 4.06. The van der Waals surface area contributed by atoms with E-state index in [1.54, 1.807) is 18.2 Å². The Morgan fingerprint density at radius 3 is 2.20 bits per heavy atom. The van der Waals surface area contributed by atoms with Crippen molar-refractivity contribution in [2.24, 2.45) is 5.92 Å². The van der Waals surface area contributed by atoms with E-state index in [2.05, 4.69) is 16.5 Å². The number of benzene rings is 2. The van der Waals surface area contributed by atoms with E-state index in [0.29, 0.717) is 17.4 Å². The van der Waals surface area contributed by atoms with Crippen LogP contribution in [-0.2, 0) is 14.8 Å². The van der Waals surface area contributed by atoms with Gasteiger partial charge in [0.1, 0.15) is 5.75 Å². The fraction of sp³-hybridized carbons (Fsp3) is 0.364. The van der Waals surface area contributed by atoms with Crippen LogP contribution in [0.2, 0.25) is 0 Å². The lowest BCUT2D eigenvalue weighted by molar-refractivity contribution is -0.192. The number of alkyl halides is 3. The number of nitrogens with zero attached hydrogens (tertiary/aromatic N) is 1. The molecule has 1 aliphatic rings. The van der Waals surface area contributed by atoms with Crippen LogP contribution in [0.25, 0.3) is 0 Å². The van der Waals surface area contributed by atoms with Crippen molar-refractivity contribution in [3.05, 3.63) is 48.0 Å². The van der Waals surface area contributed by atoms with Crippen LogP contribution in [0.5, 0.6) is 5.75 Å². The van der Waals surface area contributed by atoms with Gasteiger partial charge < -0.3 is 19.8 Å². The number of nitrogens with one attached hydrogen (secondary N) is 1. The summed E-state index contributed by atoms with van der Waals surface area (Å²) in [5.41, 5.74) is 0.986. The van der Waals surface area contributed by atoms with Crippen LogP contribution < -0.4 is 14.4 Å². The van der Waals surface area contributed by atoms with Gasteiger partial charge in [0.25, 0.3) is 10.0 Å². The molecule has 0 bridgehead atoms. The third kappa shape index (κ3) is 7.77. The zero-order valence-electron chi connectivity index (χ0n) is 18.9. The molecule has 1 aliphatic heterocycles. The Kier molecular flexibility index (Phi) is 8.96. The number of hydrogen-bond acceptors (Lipinski definition) is 6. The van der Waals surface area contributed by atoms with Gasteiger partial charge in [-0.2, -0.15) is 13.2 Å². The normalized spacial score (nSPS) is 16.0. The van der Waals surface area contributed by atoms with Crippen molar-refractivity contribution in [1.82, 2.24) is 0 Å². The maximum Gasteiger partial charge on any atom is 0.490 e. The van der Waals surface area contributed by atoms with Crippen molar-refractivity contribution < 1.29 is 46.1 Å². The van der Waals surface area contributed by atoms with Gasteiger partial charge in [-0.3, -0.25) is 4.72 Å². The molecule has 0 spiro atoms. The molecule has 1 unspecified atom stereocenters. The van der Waals surface area contributed by atoms with Gasteiger partial charge in [-0.05, 0) is 61.2 Å². The van der Waals surface area contributed by atoms with Crippen molar-refractivity contribution in [2.45, 2.75) is 30.8 Å². The van der Waals surface area contributed by atoms with Gasteiger partial charge in [0.05, 0.1) is 28.9 Å². The Labute approximate surface area is 200 Å². The quantitative estimate of drug-likeness (QED) is 0.521. The van der Waals surface area contributed by atoms with Crippen LogP contribution in [0.1, 0.15) is 30.1 Å². The Hall–Kier alpha value is -3.48. The summed E-state index contributed by atoms with van der Waals surface area (Å²) < 4.78 is 65.1. The van der Waals surface area contributed by atoms with Crippen molar-refractivity contribution in [1.29, 1.82) is 0 Å². The third-order valence-electron chi connectivity index (χ3n) is 5.10. The highest BCUT2D eigenvalue weighted by Gasteiger charge is 2.38. The summed E-state index contributed by atoms with van der Waals surface area (Å²) >= 11 is 0. The molecule has 1 saturated heterocycles. The summed E-state index contributed by atoms with van der Waals surface area (Å²) in [5, 5.41) is 16.4. The number of ether oxygens (including phenoxy) is 1. The molecular formula is C22H25F3N2O7S. The fourth-order valence-electron chi connectivity index (χ4n) is 3.39. The number of rotatable bonds is 6. The van der Waals surface area contributed by atoms with Crippen molar-refractivity contribution in [3.8, 4) is 5.75 Å². The number of hydrogen-bond donors (Lipinski definition) is 3. The lowest BCUT2D eigenvalue weighted by Crippen LogP contribution is -2.35. The minimum atomic E-state index is -5.08. The first-order valence-corrected chi connectivity index (χ1v) is 11.8. The molecule has 9 nitrogen and oxygen atoms in total. The molecule has 0 aliphatic carbocycles. The molecule has 3 rings (SSSR count). The Morgan fingerprint density at radius 2 is 1.71 bits per heavy atom. The highest BCUT2D eigenvalue weighted by atomic mass is 32.2. The van der Waals surface area contributed by atoms with E-state index < -0.39 is 28.1 Å². The molecule has 35 heavy (non-hydrogen) atoms. The van der Waals surface area contributed by atoms with Crippen LogP contribution in [-0.4, -0.2) is 56.9 Å². The van der Waals surface area contributed by atoms with E-state index in [-0.39, 0.29) is 16.1 Å². The first kappa shape index (κ1) is 27.8. The van der Waals surface area contributed by atoms with E-state index >= 15 is 0 Å². The zero-order chi connectivity index (χ0) is 26.4. The molecule has 192 valence electrons. The second kappa shape index (κ2) is 11.3. The minimum Gasteiger partial charge on any atom is -0.497 e. The SMILES string of the molecule is COc1ccc(S(=O)(=O)Nc2cc(C(=O)O)ccc2N2CCCC(C)C2)cc1.O=C(O)C(F)(F)F. The Morgan fingerprint density at radius 1 is 1.11 bits per heavy atom. The molecule has 1 fully saturated rings. The van der Waals surface area contributed by atoms with Gasteiger partial charge in [0.15, 0.2) is 0 Å². The van der Waals surface area contributed by atoms with E-state index in [1.165, 1.54) is 31.4 Å². The van der Waals surface area contributed by atoms with Gasteiger partial charge in [-0.25, -0.2) is 18.0 Å². The summed E-state index contributed by atoms with van der Waals surface area (Å²) in [6.07, 6.45) is -2.96. The van der Waals surface area contributed by atoms with Crippen LogP contribution in [0.15, 0.2) is 47.4 Å². The smallest absolute Gasteiger partial charge is 0.490 e. The largest absolute Gasteiger partial charge is 0.497 e. The topological polar surface area (TPSA) is 133 Å². The molecule has 2 aromatic rings. The zero-order valence-corrected chi connectivity index (χ0v) is 19.7. The van der Waals surface area contributed by atoms with Gasteiger partial charge in [0, 0.05) is 13.1 Å². The van der Waals surface area contributed by atoms with Gasteiger partial charge in [-0.1, -0.05) is 6.92 Å². The standard InChI is InChI=1S/C20H24N2O5S.C2HF3O2/c1-14-4-3-11-22(13-14)19-10-5-15(20(23)24)12-18(19)21-28(25,26)17-8-6-16(27-2)7-9-17;3-2(4,5)1(6)7/h5-10,12,14,21H,3-4,11,13H2,1-2H3,(H,23,24);(H,6,7). The van der Waals surface area contributed by atoms with Crippen LogP contribution >= 0.6 is 0 Å². The average Bonchev–Trinajstić information content (AvgIpc) is 2.78. The fourth-order valence-corrected chi connectivity index (χ4v) is 4.46. The second-order valence-corrected chi connectivity index (χ2v) is 9.50. The first-order chi connectivity index (χ1) is 16.2. The maximum atomic E-state index is 12.9. The lowest BCUT2D eigenvalue weighted by atomic mass is 9.99. The highest BCUT2D eigenvalue weighted by Crippen LogP contribution is 2.33. The Balaban J connectivity index is 0.000000540. The van der Waals surface area contributed by atoms with Gasteiger partial charge in [-0.15, -0.1) is 0 Å². The predicted molar refractivity (Wildman–Crippen MR) is 122 cm³/mol. The monoisotopic (exact) mass is 518 g/mol. The summed E-state index contributed by atoms with van der Waals surface area (Å²) in [4.78, 5) is 22.5. The molecule has 1 atom stereocenters. The summed E-state index contributed by atoms with van der Waals surface area (Å²) in [6.45, 7) is 3.75. The maximum absolute atomic E-state index is 12.9. The number of aromatic carboxylic acids is 1. The first-order valence-electron chi connectivity index (χ1n) is 10.3. The summed E-state index contributed by atoms with van der Waals surface area (Å²) in [6, 6.07) is 10.6. The number of halogens is 3. The molecule has 0 aromatic heterocycles. The molecule has 0 amide bonds. The van der Waals surface area contributed by atoms with E-state index in [4.69, 9.17) is 14.6 Å². The number of carboxylic acids is 2. The molecule has 3 N–H and O–H groups in total. The van der Waals surface area contributed by atoms with E-state index in [9.17, 15) is 31.5 Å². The highest BCUT2D eigenvalue weighted by molar-refractivity contribution is 7.92. The summed E-state index contributed by atoms with van der Waals surface area (Å²) in [5.74, 6) is -2.83. The van der Waals surface area contributed by atoms with Crippen molar-refractivity contribution in [2.75, 3.05) is 29.8 Å². The molecule has 1 heterocycles. The van der Waals surface area contributed by atoms with Crippen LogP contribution in [0, 0.1) is 5.92 Å². The third-order valence-corrected chi connectivity index (χ3v) is 6.48. The number of anilines is 2. The number of carboxylic acid groups (broad SMARTS) is 2. The number of piperidine rings is 1. The number of sulfonamides is 1. The molecule has 0 radical (unpaired) electrons. The Bertz CT molecular complexity index is 1150. The van der Waals surface area contributed by atoms with Crippen molar-refractivity contribution >= 4 is 33.3 Å². The van der Waals surface area contributed by atoms with Crippen LogP contribution in [0.3, 0.4) is 0 Å². The lowest BCUT2D eigenvalue weighted by Gasteiger charge is -2.34. The van der Waals surface area contributed by atoms with Crippen LogP contribution in [0.4, 0.5) is 24.5 Å². The number of methoxy groups -OCH3 is 1. The molecule has 0 saturated carbocycles. The molecular weight excluding hydrogens is 493 g/mol. The van der Waals surface area contributed by atoms with E-state index in [1.807, 2.05) is 0 Å². The van der Waals surface area contributed by atoms with Gasteiger partial charge in [0.2, 0.25) is 0 Å². The molecule has 2 aromatic carbocycles.